The van der Waals surface area contributed by atoms with Crippen LogP contribution in [0.15, 0.2) is 45.3 Å². The Morgan fingerprint density at radius 1 is 1.21 bits per heavy atom. The molecule has 0 aliphatic heterocycles. The van der Waals surface area contributed by atoms with Gasteiger partial charge >= 0.3 is 0 Å². The topological polar surface area (TPSA) is 47.6 Å². The minimum atomic E-state index is -0.201. The quantitative estimate of drug-likeness (QED) is 0.680. The normalized spacial score (nSPS) is 11.7. The first-order valence-electron chi connectivity index (χ1n) is 7.43. The number of amides is 1. The minimum absolute atomic E-state index is 0.0697. The molecule has 0 aliphatic carbocycles. The van der Waals surface area contributed by atoms with Gasteiger partial charge in [-0.25, -0.2) is 0 Å². The zero-order chi connectivity index (χ0) is 17.7. The number of methoxy groups -OCH3 is 1. The van der Waals surface area contributed by atoms with E-state index in [-0.39, 0.29) is 18.6 Å². The Bertz CT molecular complexity index is 711. The van der Waals surface area contributed by atoms with Crippen LogP contribution in [0, 0.1) is 6.92 Å². The van der Waals surface area contributed by atoms with Crippen LogP contribution < -0.4 is 14.8 Å². The number of ether oxygens (including phenoxy) is 2. The summed E-state index contributed by atoms with van der Waals surface area (Å²) in [7, 11) is 1.61. The lowest BCUT2D eigenvalue weighted by atomic mass is 10.1. The molecule has 128 valence electrons. The van der Waals surface area contributed by atoms with Crippen molar-refractivity contribution < 1.29 is 14.3 Å². The van der Waals surface area contributed by atoms with Crippen LogP contribution >= 0.6 is 31.9 Å². The van der Waals surface area contributed by atoms with Crippen LogP contribution in [0.4, 0.5) is 0 Å². The van der Waals surface area contributed by atoms with Crippen molar-refractivity contribution in [1.29, 1.82) is 0 Å². The molecule has 2 aromatic carbocycles. The van der Waals surface area contributed by atoms with Gasteiger partial charge in [0.2, 0.25) is 0 Å². The van der Waals surface area contributed by atoms with Crippen LogP contribution in [0.1, 0.15) is 24.1 Å². The van der Waals surface area contributed by atoms with E-state index in [1.165, 1.54) is 0 Å². The molecule has 2 rings (SSSR count). The molecule has 0 heterocycles. The standard InChI is InChI=1S/C18H19Br2NO3/c1-11-8-14(19)18(15(20)9-11)24-10-17(22)21-12(2)13-6-4-5-7-16(13)23-3/h4-9,12H,10H2,1-3H3,(H,21,22)/t12-/m1/s1. The van der Waals surface area contributed by atoms with Crippen LogP contribution in [-0.2, 0) is 4.79 Å². The maximum atomic E-state index is 12.2. The maximum Gasteiger partial charge on any atom is 0.258 e. The van der Waals surface area contributed by atoms with E-state index in [1.807, 2.05) is 50.2 Å². The largest absolute Gasteiger partial charge is 0.496 e. The lowest BCUT2D eigenvalue weighted by molar-refractivity contribution is -0.123. The molecule has 0 bridgehead atoms. The highest BCUT2D eigenvalue weighted by molar-refractivity contribution is 9.11. The van der Waals surface area contributed by atoms with Crippen molar-refractivity contribution in [1.82, 2.24) is 5.32 Å². The van der Waals surface area contributed by atoms with Gasteiger partial charge in [0, 0.05) is 5.56 Å². The molecule has 0 unspecified atom stereocenters. The molecule has 1 N–H and O–H groups in total. The zero-order valence-electron chi connectivity index (χ0n) is 13.7. The van der Waals surface area contributed by atoms with Gasteiger partial charge in [-0.05, 0) is 69.5 Å². The number of hydrogen-bond donors (Lipinski definition) is 1. The van der Waals surface area contributed by atoms with Gasteiger partial charge in [-0.1, -0.05) is 18.2 Å². The number of carbonyl (C=O) groups is 1. The summed E-state index contributed by atoms with van der Waals surface area (Å²) in [6, 6.07) is 11.3. The highest BCUT2D eigenvalue weighted by Crippen LogP contribution is 2.34. The number of rotatable bonds is 6. The fraction of sp³-hybridized carbons (Fsp3) is 0.278. The Hall–Kier alpha value is -1.53. The summed E-state index contributed by atoms with van der Waals surface area (Å²) >= 11 is 6.90. The summed E-state index contributed by atoms with van der Waals surface area (Å²) in [5.74, 6) is 1.16. The first-order chi connectivity index (χ1) is 11.4. The predicted molar refractivity (Wildman–Crippen MR) is 102 cm³/mol. The Morgan fingerprint density at radius 2 is 1.83 bits per heavy atom. The van der Waals surface area contributed by atoms with E-state index in [1.54, 1.807) is 7.11 Å². The van der Waals surface area contributed by atoms with E-state index in [0.717, 1.165) is 25.8 Å². The average molecular weight is 457 g/mol. The second-order valence-electron chi connectivity index (χ2n) is 5.38. The van der Waals surface area contributed by atoms with E-state index in [9.17, 15) is 4.79 Å². The van der Waals surface area contributed by atoms with E-state index < -0.39 is 0 Å². The molecule has 0 fully saturated rings. The van der Waals surface area contributed by atoms with Crippen LogP contribution in [0.2, 0.25) is 0 Å². The van der Waals surface area contributed by atoms with E-state index in [2.05, 4.69) is 37.2 Å². The van der Waals surface area contributed by atoms with Gasteiger partial charge in [0.25, 0.3) is 5.91 Å². The van der Waals surface area contributed by atoms with Gasteiger partial charge in [0.05, 0.1) is 22.1 Å². The fourth-order valence-corrected chi connectivity index (χ4v) is 3.99. The van der Waals surface area contributed by atoms with Crippen molar-refractivity contribution >= 4 is 37.8 Å². The third kappa shape index (κ3) is 4.74. The van der Waals surface area contributed by atoms with Gasteiger partial charge in [-0.3, -0.25) is 4.79 Å². The number of nitrogens with one attached hydrogen (secondary N) is 1. The summed E-state index contributed by atoms with van der Waals surface area (Å²) < 4.78 is 12.6. The molecular formula is C18H19Br2NO3. The monoisotopic (exact) mass is 455 g/mol. The van der Waals surface area contributed by atoms with Gasteiger partial charge < -0.3 is 14.8 Å². The summed E-state index contributed by atoms with van der Waals surface area (Å²) in [6.45, 7) is 3.83. The van der Waals surface area contributed by atoms with Crippen LogP contribution in [0.5, 0.6) is 11.5 Å². The lowest BCUT2D eigenvalue weighted by Gasteiger charge is -2.18. The number of hydrogen-bond acceptors (Lipinski definition) is 3. The molecule has 24 heavy (non-hydrogen) atoms. The maximum absolute atomic E-state index is 12.2. The number of benzene rings is 2. The Kier molecular flexibility index (Phi) is 6.69. The molecule has 6 heteroatoms. The van der Waals surface area contributed by atoms with E-state index in [0.29, 0.717) is 5.75 Å². The molecule has 4 nitrogen and oxygen atoms in total. The van der Waals surface area contributed by atoms with Crippen LogP contribution in [0.3, 0.4) is 0 Å². The highest BCUT2D eigenvalue weighted by atomic mass is 79.9. The zero-order valence-corrected chi connectivity index (χ0v) is 16.9. The fourth-order valence-electron chi connectivity index (χ4n) is 2.35. The molecule has 1 atom stereocenters. The van der Waals surface area contributed by atoms with Crippen molar-refractivity contribution in [3.05, 3.63) is 56.5 Å². The molecule has 0 spiro atoms. The predicted octanol–water partition coefficient (Wildman–Crippen LogP) is 4.78. The van der Waals surface area contributed by atoms with Crippen molar-refractivity contribution in [3.63, 3.8) is 0 Å². The minimum Gasteiger partial charge on any atom is -0.496 e. The number of carbonyl (C=O) groups excluding carboxylic acids is 1. The lowest BCUT2D eigenvalue weighted by Crippen LogP contribution is -2.31. The first-order valence-corrected chi connectivity index (χ1v) is 9.01. The molecule has 2 aromatic rings. The number of para-hydroxylation sites is 1. The van der Waals surface area contributed by atoms with Crippen LogP contribution in [-0.4, -0.2) is 19.6 Å². The van der Waals surface area contributed by atoms with Gasteiger partial charge in [-0.2, -0.15) is 0 Å². The smallest absolute Gasteiger partial charge is 0.258 e. The SMILES string of the molecule is COc1ccccc1[C@@H](C)NC(=O)COc1c(Br)cc(C)cc1Br. The van der Waals surface area contributed by atoms with Crippen LogP contribution in [0.25, 0.3) is 0 Å². The average Bonchev–Trinajstić information content (AvgIpc) is 2.53. The molecular weight excluding hydrogens is 438 g/mol. The summed E-state index contributed by atoms with van der Waals surface area (Å²) in [5, 5.41) is 2.92. The molecule has 0 saturated heterocycles. The second-order valence-corrected chi connectivity index (χ2v) is 7.09. The van der Waals surface area contributed by atoms with Crippen molar-refractivity contribution in [3.8, 4) is 11.5 Å². The molecule has 0 saturated carbocycles. The molecule has 1 amide bonds. The number of aryl methyl sites for hydroxylation is 1. The van der Waals surface area contributed by atoms with Gasteiger partial charge in [0.15, 0.2) is 6.61 Å². The molecule has 0 aromatic heterocycles. The van der Waals surface area contributed by atoms with Crippen molar-refractivity contribution in [2.75, 3.05) is 13.7 Å². The first kappa shape index (κ1) is 18.8. The number of halogens is 2. The summed E-state index contributed by atoms with van der Waals surface area (Å²) in [5.41, 5.74) is 2.02. The third-order valence-electron chi connectivity index (χ3n) is 3.47. The van der Waals surface area contributed by atoms with Gasteiger partial charge in [-0.15, -0.1) is 0 Å². The Labute approximate surface area is 158 Å². The third-order valence-corrected chi connectivity index (χ3v) is 4.65. The van der Waals surface area contributed by atoms with Gasteiger partial charge in [0.1, 0.15) is 11.5 Å². The van der Waals surface area contributed by atoms with Crippen molar-refractivity contribution in [2.45, 2.75) is 19.9 Å². The second kappa shape index (κ2) is 8.53. The Balaban J connectivity index is 1.99. The summed E-state index contributed by atoms with van der Waals surface area (Å²) in [6.07, 6.45) is 0. The van der Waals surface area contributed by atoms with Crippen molar-refractivity contribution in [2.24, 2.45) is 0 Å². The molecule has 0 radical (unpaired) electrons. The molecule has 0 aliphatic rings. The highest BCUT2D eigenvalue weighted by Gasteiger charge is 2.15. The van der Waals surface area contributed by atoms with E-state index in [4.69, 9.17) is 9.47 Å². The summed E-state index contributed by atoms with van der Waals surface area (Å²) in [4.78, 5) is 12.2. The van der Waals surface area contributed by atoms with E-state index >= 15 is 0 Å². The Morgan fingerprint density at radius 3 is 2.46 bits per heavy atom.